The smallest absolute Gasteiger partial charge is 0.151 e. The Balaban J connectivity index is 4.37. The van der Waals surface area contributed by atoms with Crippen LogP contribution in [0.15, 0.2) is 0 Å². The Kier molecular flexibility index (Phi) is 5.93. The number of nitrogens with zero attached hydrogens (tertiary/aromatic N) is 1. The lowest BCUT2D eigenvalue weighted by molar-refractivity contribution is 0.0280. The maximum absolute atomic E-state index is 11.4. The van der Waals surface area contributed by atoms with Gasteiger partial charge in [-0.05, 0) is 27.7 Å². The van der Waals surface area contributed by atoms with E-state index in [-0.39, 0.29) is 17.5 Å². The number of sulfone groups is 1. The van der Waals surface area contributed by atoms with Crippen molar-refractivity contribution in [3.8, 4) is 0 Å². The molecule has 0 bridgehead atoms. The summed E-state index contributed by atoms with van der Waals surface area (Å²) in [6, 6.07) is 0.235. The summed E-state index contributed by atoms with van der Waals surface area (Å²) < 4.78 is 22.8. The molecule has 0 atom stereocenters. The summed E-state index contributed by atoms with van der Waals surface area (Å²) in [5, 5.41) is 9.73. The minimum atomic E-state index is -2.93. The summed E-state index contributed by atoms with van der Waals surface area (Å²) in [5.74, 6) is 0.346. The van der Waals surface area contributed by atoms with Crippen LogP contribution in [0, 0.1) is 0 Å². The molecule has 5 heteroatoms. The van der Waals surface area contributed by atoms with Crippen LogP contribution in [0.2, 0.25) is 0 Å². The lowest BCUT2D eigenvalue weighted by atomic mass is 10.1. The van der Waals surface area contributed by atoms with Crippen molar-refractivity contribution in [3.63, 3.8) is 0 Å². The molecule has 0 spiro atoms. The first kappa shape index (κ1) is 15.9. The first-order chi connectivity index (χ1) is 7.07. The van der Waals surface area contributed by atoms with E-state index >= 15 is 0 Å². The van der Waals surface area contributed by atoms with Crippen LogP contribution >= 0.6 is 0 Å². The summed E-state index contributed by atoms with van der Waals surface area (Å²) in [7, 11) is -2.93. The molecule has 0 aliphatic rings. The SMILES string of the molecule is CCS(=O)(=O)CCN(CC(C)(C)O)C(C)C. The zero-order chi connectivity index (χ0) is 13.0. The van der Waals surface area contributed by atoms with E-state index < -0.39 is 15.4 Å². The molecule has 0 radical (unpaired) electrons. The fourth-order valence-corrected chi connectivity index (χ4v) is 2.22. The van der Waals surface area contributed by atoms with Gasteiger partial charge in [0, 0.05) is 24.9 Å². The molecule has 0 aliphatic carbocycles. The number of rotatable bonds is 7. The molecular formula is C11H25NO3S. The van der Waals surface area contributed by atoms with Gasteiger partial charge in [0.05, 0.1) is 11.4 Å². The molecule has 4 nitrogen and oxygen atoms in total. The second-order valence-electron chi connectivity index (χ2n) is 5.11. The third-order valence-corrected chi connectivity index (χ3v) is 4.13. The summed E-state index contributed by atoms with van der Waals surface area (Å²) in [4.78, 5) is 1.99. The van der Waals surface area contributed by atoms with E-state index in [2.05, 4.69) is 0 Å². The van der Waals surface area contributed by atoms with Gasteiger partial charge in [-0.2, -0.15) is 0 Å². The van der Waals surface area contributed by atoms with Crippen molar-refractivity contribution < 1.29 is 13.5 Å². The van der Waals surface area contributed by atoms with Crippen molar-refractivity contribution in [1.82, 2.24) is 4.90 Å². The number of aliphatic hydroxyl groups is 1. The zero-order valence-electron chi connectivity index (χ0n) is 11.0. The largest absolute Gasteiger partial charge is 0.389 e. The lowest BCUT2D eigenvalue weighted by Crippen LogP contribution is -2.44. The van der Waals surface area contributed by atoms with Crippen LogP contribution in [0.4, 0.5) is 0 Å². The average Bonchev–Trinajstić information content (AvgIpc) is 2.10. The molecular weight excluding hydrogens is 226 g/mol. The second-order valence-corrected chi connectivity index (χ2v) is 7.59. The fourth-order valence-electron chi connectivity index (χ4n) is 1.42. The van der Waals surface area contributed by atoms with Gasteiger partial charge in [0.15, 0.2) is 9.84 Å². The normalized spacial score (nSPS) is 13.8. The van der Waals surface area contributed by atoms with Crippen molar-refractivity contribution in [1.29, 1.82) is 0 Å². The Morgan fingerprint density at radius 2 is 1.81 bits per heavy atom. The average molecular weight is 251 g/mol. The molecule has 0 aromatic heterocycles. The van der Waals surface area contributed by atoms with Gasteiger partial charge in [0.1, 0.15) is 0 Å². The summed E-state index contributed by atoms with van der Waals surface area (Å²) >= 11 is 0. The van der Waals surface area contributed by atoms with E-state index in [0.717, 1.165) is 0 Å². The molecule has 0 aliphatic heterocycles. The van der Waals surface area contributed by atoms with E-state index in [1.807, 2.05) is 18.7 Å². The minimum Gasteiger partial charge on any atom is -0.389 e. The third kappa shape index (κ3) is 7.19. The Labute approximate surface area is 99.6 Å². The van der Waals surface area contributed by atoms with Gasteiger partial charge >= 0.3 is 0 Å². The van der Waals surface area contributed by atoms with Crippen LogP contribution in [0.3, 0.4) is 0 Å². The Hall–Kier alpha value is -0.130. The number of hydrogen-bond acceptors (Lipinski definition) is 4. The highest BCUT2D eigenvalue weighted by Gasteiger charge is 2.21. The van der Waals surface area contributed by atoms with Crippen LogP contribution in [0.25, 0.3) is 0 Å². The van der Waals surface area contributed by atoms with Gasteiger partial charge in [-0.15, -0.1) is 0 Å². The molecule has 98 valence electrons. The molecule has 1 N–H and O–H groups in total. The van der Waals surface area contributed by atoms with E-state index in [4.69, 9.17) is 0 Å². The Bertz CT molecular complexity index is 291. The van der Waals surface area contributed by atoms with Crippen molar-refractivity contribution in [3.05, 3.63) is 0 Å². The third-order valence-electron chi connectivity index (χ3n) is 2.45. The molecule has 0 aromatic rings. The van der Waals surface area contributed by atoms with Gasteiger partial charge in [-0.25, -0.2) is 8.42 Å². The summed E-state index contributed by atoms with van der Waals surface area (Å²) in [6.45, 7) is 10.1. The van der Waals surface area contributed by atoms with Gasteiger partial charge in [0.2, 0.25) is 0 Å². The first-order valence-electron chi connectivity index (χ1n) is 5.74. The molecule has 0 unspecified atom stereocenters. The Morgan fingerprint density at radius 1 is 1.31 bits per heavy atom. The van der Waals surface area contributed by atoms with E-state index in [0.29, 0.717) is 13.1 Å². The van der Waals surface area contributed by atoms with E-state index in [1.54, 1.807) is 20.8 Å². The van der Waals surface area contributed by atoms with Crippen LogP contribution in [-0.2, 0) is 9.84 Å². The first-order valence-corrected chi connectivity index (χ1v) is 7.56. The molecule has 0 rings (SSSR count). The molecule has 0 fully saturated rings. The quantitative estimate of drug-likeness (QED) is 0.730. The molecule has 0 saturated heterocycles. The Morgan fingerprint density at radius 3 is 2.12 bits per heavy atom. The van der Waals surface area contributed by atoms with Crippen molar-refractivity contribution >= 4 is 9.84 Å². The standard InChI is InChI=1S/C11H25NO3S/c1-6-16(14,15)8-7-12(10(2)3)9-11(4,5)13/h10,13H,6-9H2,1-5H3. The summed E-state index contributed by atoms with van der Waals surface area (Å²) in [6.07, 6.45) is 0. The predicted molar refractivity (Wildman–Crippen MR) is 67.3 cm³/mol. The van der Waals surface area contributed by atoms with E-state index in [9.17, 15) is 13.5 Å². The van der Waals surface area contributed by atoms with Crippen LogP contribution in [0.5, 0.6) is 0 Å². The molecule has 16 heavy (non-hydrogen) atoms. The monoisotopic (exact) mass is 251 g/mol. The van der Waals surface area contributed by atoms with E-state index in [1.165, 1.54) is 0 Å². The molecule has 0 heterocycles. The maximum Gasteiger partial charge on any atom is 0.151 e. The van der Waals surface area contributed by atoms with Crippen LogP contribution in [-0.4, -0.2) is 54.7 Å². The zero-order valence-corrected chi connectivity index (χ0v) is 11.8. The second kappa shape index (κ2) is 5.98. The van der Waals surface area contributed by atoms with Crippen LogP contribution < -0.4 is 0 Å². The topological polar surface area (TPSA) is 57.6 Å². The van der Waals surface area contributed by atoms with Gasteiger partial charge in [0.25, 0.3) is 0 Å². The fraction of sp³-hybridized carbons (Fsp3) is 1.00. The van der Waals surface area contributed by atoms with Crippen molar-refractivity contribution in [2.75, 3.05) is 24.6 Å². The van der Waals surface area contributed by atoms with Crippen LogP contribution in [0.1, 0.15) is 34.6 Å². The minimum absolute atomic E-state index is 0.164. The molecule has 0 amide bonds. The summed E-state index contributed by atoms with van der Waals surface area (Å²) in [5.41, 5.74) is -0.791. The number of hydrogen-bond donors (Lipinski definition) is 1. The molecule has 0 saturated carbocycles. The van der Waals surface area contributed by atoms with Crippen molar-refractivity contribution in [2.45, 2.75) is 46.3 Å². The van der Waals surface area contributed by atoms with Gasteiger partial charge < -0.3 is 5.11 Å². The van der Waals surface area contributed by atoms with Crippen molar-refractivity contribution in [2.24, 2.45) is 0 Å². The highest BCUT2D eigenvalue weighted by atomic mass is 32.2. The highest BCUT2D eigenvalue weighted by Crippen LogP contribution is 2.08. The molecule has 0 aromatic carbocycles. The maximum atomic E-state index is 11.4. The van der Waals surface area contributed by atoms with Gasteiger partial charge in [-0.3, -0.25) is 4.90 Å². The lowest BCUT2D eigenvalue weighted by Gasteiger charge is -2.31. The predicted octanol–water partition coefficient (Wildman–Crippen LogP) is 0.902. The highest BCUT2D eigenvalue weighted by molar-refractivity contribution is 7.91. The van der Waals surface area contributed by atoms with Gasteiger partial charge in [-0.1, -0.05) is 6.92 Å².